The second kappa shape index (κ2) is 32.2. The van der Waals surface area contributed by atoms with Crippen LogP contribution in [0.15, 0.2) is 56.7 Å². The van der Waals surface area contributed by atoms with Crippen molar-refractivity contribution >= 4 is 0 Å². The monoisotopic (exact) mass is 719 g/mol. The van der Waals surface area contributed by atoms with E-state index in [0.29, 0.717) is 34.5 Å². The van der Waals surface area contributed by atoms with Gasteiger partial charge < -0.3 is 0 Å². The van der Waals surface area contributed by atoms with Crippen LogP contribution in [0.4, 0.5) is 0 Å². The molecule has 0 aromatic carbocycles. The minimum absolute atomic E-state index is 0. The predicted octanol–water partition coefficient (Wildman–Crippen LogP) is 19.2. The van der Waals surface area contributed by atoms with Gasteiger partial charge in [-0.1, -0.05) is 217 Å². The summed E-state index contributed by atoms with van der Waals surface area (Å²) in [5, 5.41) is 0. The lowest BCUT2D eigenvalue weighted by molar-refractivity contribution is 0.442. The van der Waals surface area contributed by atoms with E-state index in [1.165, 1.54) is 23.1 Å². The number of hydrogen-bond donors (Lipinski definition) is 0. The molecule has 0 nitrogen and oxygen atoms in total. The molecule has 51 heavy (non-hydrogen) atoms. The third kappa shape index (κ3) is 33.0. The van der Waals surface area contributed by atoms with Crippen molar-refractivity contribution in [1.29, 1.82) is 0 Å². The van der Waals surface area contributed by atoms with E-state index in [9.17, 15) is 0 Å². The van der Waals surface area contributed by atoms with E-state index < -0.39 is 0 Å². The maximum absolute atomic E-state index is 2.29. The summed E-state index contributed by atoms with van der Waals surface area (Å²) in [4.78, 5) is 0. The molecule has 310 valence electrons. The van der Waals surface area contributed by atoms with Crippen LogP contribution >= 0.6 is 0 Å². The highest BCUT2D eigenvalue weighted by atomic mass is 14.3. The SMILES string of the molecule is C.C.C/C=C(/C(C)C)C(C)(C)C.CC(C)=C(C(C)C)C(C)(C)C.CC(C)=C(C(C)C)C(C)C.CC=C(C(C)C)C(C)C.CCC(=C(C)C)C(C)C. The van der Waals surface area contributed by atoms with Gasteiger partial charge in [-0.15, -0.1) is 0 Å². The Bertz CT molecular complexity index is 957. The van der Waals surface area contributed by atoms with Crippen molar-refractivity contribution in [3.8, 4) is 0 Å². The van der Waals surface area contributed by atoms with E-state index in [0.717, 1.165) is 17.8 Å². The zero-order chi connectivity index (χ0) is 40.8. The van der Waals surface area contributed by atoms with Crippen molar-refractivity contribution in [3.05, 3.63) is 56.7 Å². The summed E-state index contributed by atoms with van der Waals surface area (Å²) in [6.45, 7) is 64.9. The molecule has 0 N–H and O–H groups in total. The summed E-state index contributed by atoms with van der Waals surface area (Å²) >= 11 is 0. The van der Waals surface area contributed by atoms with Gasteiger partial charge >= 0.3 is 0 Å². The molecule has 0 atom stereocenters. The van der Waals surface area contributed by atoms with Crippen LogP contribution in [0.1, 0.15) is 222 Å². The molecule has 0 aliphatic carbocycles. The van der Waals surface area contributed by atoms with Crippen LogP contribution < -0.4 is 0 Å². The first-order chi connectivity index (χ1) is 21.8. The average Bonchev–Trinajstić information content (AvgIpc) is 2.82. The van der Waals surface area contributed by atoms with Gasteiger partial charge in [0.1, 0.15) is 0 Å². The normalized spacial score (nSPS) is 11.2. The Morgan fingerprint density at radius 3 is 0.784 bits per heavy atom. The third-order valence-electron chi connectivity index (χ3n) is 8.93. The van der Waals surface area contributed by atoms with Crippen molar-refractivity contribution < 1.29 is 0 Å². The highest BCUT2D eigenvalue weighted by Crippen LogP contribution is 2.33. The Hall–Kier alpha value is -1.30. The van der Waals surface area contributed by atoms with E-state index in [2.05, 4.69) is 213 Å². The fourth-order valence-corrected chi connectivity index (χ4v) is 8.32. The first-order valence-electron chi connectivity index (χ1n) is 20.1. The molecular weight excluding hydrogens is 613 g/mol. The van der Waals surface area contributed by atoms with Crippen LogP contribution in [-0.2, 0) is 0 Å². The maximum atomic E-state index is 2.29. The molecule has 0 bridgehead atoms. The van der Waals surface area contributed by atoms with Gasteiger partial charge in [0.05, 0.1) is 0 Å². The second-order valence-corrected chi connectivity index (χ2v) is 18.9. The fourth-order valence-electron chi connectivity index (χ4n) is 8.32. The van der Waals surface area contributed by atoms with Crippen LogP contribution in [0.3, 0.4) is 0 Å². The fraction of sp³-hybridized carbons (Fsp3) is 0.804. The molecule has 0 heterocycles. The molecule has 0 aromatic rings. The number of allylic oxidation sites excluding steroid dienone is 10. The highest BCUT2D eigenvalue weighted by Gasteiger charge is 2.20. The molecule has 0 heteroatoms. The zero-order valence-electron chi connectivity index (χ0n) is 39.9. The van der Waals surface area contributed by atoms with E-state index in [1.807, 2.05) is 0 Å². The molecule has 0 aliphatic heterocycles. The molecule has 0 amide bonds. The van der Waals surface area contributed by atoms with E-state index in [-0.39, 0.29) is 14.9 Å². The largest absolute Gasteiger partial charge is 0.0879 e. The molecule has 0 unspecified atom stereocenters. The first kappa shape index (κ1) is 64.6. The molecule has 0 rings (SSSR count). The molecule has 0 saturated heterocycles. The van der Waals surface area contributed by atoms with Crippen molar-refractivity contribution in [3.63, 3.8) is 0 Å². The molecule has 0 aliphatic rings. The topological polar surface area (TPSA) is 0 Å². The van der Waals surface area contributed by atoms with E-state index >= 15 is 0 Å². The van der Waals surface area contributed by atoms with Crippen LogP contribution in [0.25, 0.3) is 0 Å². The lowest BCUT2D eigenvalue weighted by atomic mass is 9.78. The van der Waals surface area contributed by atoms with Gasteiger partial charge in [0.2, 0.25) is 0 Å². The molecule has 0 spiro atoms. The summed E-state index contributed by atoms with van der Waals surface area (Å²) in [7, 11) is 0. The standard InChI is InChI=1S/C11H22.2C10H20.2C9H18.2CH4/c1-8(2)10(9(3)4)11(5,6)7;1-7-9(8(2)3)10(4,5)6;1-7(2)10(8(3)4)9(5)6;2*1-6-9(7(2)3)8(4)5;;/h8H,1-7H3;2*7-8H,1-6H3;7H,6H2,1-5H3;6-8H,1-5H3;2*1H4/b;9-7-;;;;;. The minimum Gasteiger partial charge on any atom is -0.0879 e. The van der Waals surface area contributed by atoms with Crippen molar-refractivity contribution in [2.45, 2.75) is 222 Å². The maximum Gasteiger partial charge on any atom is -0.0168 e. The average molecular weight is 719 g/mol. The lowest BCUT2D eigenvalue weighted by Crippen LogP contribution is -2.15. The van der Waals surface area contributed by atoms with Crippen LogP contribution in [0.2, 0.25) is 0 Å². The van der Waals surface area contributed by atoms with Gasteiger partial charge in [-0.05, 0) is 114 Å². The van der Waals surface area contributed by atoms with Gasteiger partial charge in [-0.2, -0.15) is 0 Å². The molecule has 0 fully saturated rings. The Labute approximate surface area is 330 Å². The summed E-state index contributed by atoms with van der Waals surface area (Å²) in [5.74, 6) is 4.96. The third-order valence-corrected chi connectivity index (χ3v) is 8.93. The summed E-state index contributed by atoms with van der Waals surface area (Å²) in [6, 6.07) is 0. The van der Waals surface area contributed by atoms with Gasteiger partial charge in [0.25, 0.3) is 0 Å². The van der Waals surface area contributed by atoms with Crippen LogP contribution in [-0.4, -0.2) is 0 Å². The Morgan fingerprint density at radius 2 is 0.784 bits per heavy atom. The summed E-state index contributed by atoms with van der Waals surface area (Å²) in [6.07, 6.45) is 5.68. The molecule has 0 aromatic heterocycles. The second-order valence-electron chi connectivity index (χ2n) is 18.9. The Balaban J connectivity index is -0.0000000942. The van der Waals surface area contributed by atoms with Crippen molar-refractivity contribution in [1.82, 2.24) is 0 Å². The Kier molecular flexibility index (Phi) is 40.8. The number of hydrogen-bond acceptors (Lipinski definition) is 0. The molecule has 0 saturated carbocycles. The van der Waals surface area contributed by atoms with Crippen molar-refractivity contribution in [2.24, 2.45) is 52.3 Å². The van der Waals surface area contributed by atoms with Gasteiger partial charge in [0, 0.05) is 0 Å². The number of rotatable bonds is 8. The van der Waals surface area contributed by atoms with E-state index in [1.54, 1.807) is 27.9 Å². The lowest BCUT2D eigenvalue weighted by Gasteiger charge is -2.28. The van der Waals surface area contributed by atoms with Crippen LogP contribution in [0, 0.1) is 52.3 Å². The first-order valence-corrected chi connectivity index (χ1v) is 20.1. The van der Waals surface area contributed by atoms with Gasteiger partial charge in [-0.25, -0.2) is 0 Å². The smallest absolute Gasteiger partial charge is 0.0168 e. The van der Waals surface area contributed by atoms with Crippen LogP contribution in [0.5, 0.6) is 0 Å². The minimum atomic E-state index is 0. The predicted molar refractivity (Wildman–Crippen MR) is 249 cm³/mol. The zero-order valence-corrected chi connectivity index (χ0v) is 39.9. The Morgan fingerprint density at radius 1 is 0.431 bits per heavy atom. The van der Waals surface area contributed by atoms with Gasteiger partial charge in [-0.3, -0.25) is 0 Å². The van der Waals surface area contributed by atoms with E-state index in [4.69, 9.17) is 0 Å². The summed E-state index contributed by atoms with van der Waals surface area (Å²) in [5.41, 5.74) is 13.1. The quantitative estimate of drug-likeness (QED) is 0.219. The highest BCUT2D eigenvalue weighted by molar-refractivity contribution is 5.19. The molecule has 0 radical (unpaired) electrons. The van der Waals surface area contributed by atoms with Gasteiger partial charge in [0.15, 0.2) is 0 Å². The summed E-state index contributed by atoms with van der Waals surface area (Å²) < 4.78 is 0. The molecular formula is C51H106. The van der Waals surface area contributed by atoms with Crippen molar-refractivity contribution in [2.75, 3.05) is 0 Å².